The minimum atomic E-state index is -1.65. The molecule has 1 aromatic carbocycles. The van der Waals surface area contributed by atoms with Crippen molar-refractivity contribution in [2.75, 3.05) is 6.61 Å². The second kappa shape index (κ2) is 8.60. The van der Waals surface area contributed by atoms with Crippen LogP contribution in [-0.4, -0.2) is 79.7 Å². The van der Waals surface area contributed by atoms with E-state index in [4.69, 9.17) is 13.9 Å². The lowest BCUT2D eigenvalue weighted by atomic mass is 9.93. The maximum atomic E-state index is 11.8. The lowest BCUT2D eigenvalue weighted by Gasteiger charge is -2.39. The summed E-state index contributed by atoms with van der Waals surface area (Å²) in [7, 11) is 0. The van der Waals surface area contributed by atoms with Crippen LogP contribution in [0.3, 0.4) is 0 Å². The number of aliphatic hydroxyl groups excluding tert-OH is 5. The molecule has 6 atom stereocenters. The van der Waals surface area contributed by atoms with Gasteiger partial charge in [-0.3, -0.25) is 0 Å². The minimum Gasteiger partial charge on any atom is -0.462 e. The van der Waals surface area contributed by atoms with Gasteiger partial charge in [0.1, 0.15) is 35.7 Å². The van der Waals surface area contributed by atoms with Crippen molar-refractivity contribution in [2.45, 2.75) is 62.7 Å². The van der Waals surface area contributed by atoms with Crippen LogP contribution in [0, 0.1) is 0 Å². The third-order valence-electron chi connectivity index (χ3n) is 5.15. The molecule has 0 unspecified atom stereocenters. The zero-order valence-corrected chi connectivity index (χ0v) is 16.5. The maximum Gasteiger partial charge on any atom is 0.336 e. The van der Waals surface area contributed by atoms with Crippen LogP contribution in [0.25, 0.3) is 11.0 Å². The summed E-state index contributed by atoms with van der Waals surface area (Å²) in [5, 5.41) is 60.5. The molecule has 166 valence electrons. The molecule has 0 amide bonds. The van der Waals surface area contributed by atoms with Gasteiger partial charge in [0.05, 0.1) is 18.3 Å². The van der Waals surface area contributed by atoms with Crippen LogP contribution in [0.2, 0.25) is 0 Å². The highest BCUT2D eigenvalue weighted by Crippen LogP contribution is 2.33. The Morgan fingerprint density at radius 2 is 1.77 bits per heavy atom. The average Bonchev–Trinajstić information content (AvgIpc) is 2.69. The number of rotatable bonds is 6. The van der Waals surface area contributed by atoms with Gasteiger partial charge in [0.15, 0.2) is 0 Å². The Kier molecular flexibility index (Phi) is 6.48. The van der Waals surface area contributed by atoms with Gasteiger partial charge in [0, 0.05) is 23.4 Å². The van der Waals surface area contributed by atoms with E-state index in [1.54, 1.807) is 6.07 Å². The second-order valence-corrected chi connectivity index (χ2v) is 7.90. The molecule has 1 saturated heterocycles. The monoisotopic (exact) mass is 426 g/mol. The van der Waals surface area contributed by atoms with Crippen molar-refractivity contribution in [1.82, 2.24) is 0 Å². The molecule has 2 aromatic rings. The SMILES string of the molecule is CC(C)(O)[C@H](O)Cc1c(O[C@@H]2O[C@H](CO)[C@@H](O)[C@H](O)[C@H]2O)ccc2ccc(=O)oc12. The van der Waals surface area contributed by atoms with Crippen LogP contribution in [-0.2, 0) is 11.2 Å². The third kappa shape index (κ3) is 4.49. The molecule has 2 heterocycles. The van der Waals surface area contributed by atoms with Crippen LogP contribution >= 0.6 is 0 Å². The molecule has 0 radical (unpaired) electrons. The van der Waals surface area contributed by atoms with E-state index in [2.05, 4.69) is 0 Å². The molecule has 1 aliphatic rings. The summed E-state index contributed by atoms with van der Waals surface area (Å²) in [6.07, 6.45) is -8.89. The van der Waals surface area contributed by atoms with Gasteiger partial charge in [-0.25, -0.2) is 4.79 Å². The van der Waals surface area contributed by atoms with E-state index in [1.807, 2.05) is 0 Å². The summed E-state index contributed by atoms with van der Waals surface area (Å²) in [4.78, 5) is 11.8. The fourth-order valence-corrected chi connectivity index (χ4v) is 3.21. The summed E-state index contributed by atoms with van der Waals surface area (Å²) in [6, 6.07) is 5.84. The number of hydrogen-bond acceptors (Lipinski definition) is 10. The van der Waals surface area contributed by atoms with Gasteiger partial charge in [-0.1, -0.05) is 0 Å². The molecular formula is C20H26O10. The van der Waals surface area contributed by atoms with Gasteiger partial charge in [-0.2, -0.15) is 0 Å². The zero-order valence-electron chi connectivity index (χ0n) is 16.5. The van der Waals surface area contributed by atoms with Crippen molar-refractivity contribution < 1.29 is 44.5 Å². The topological polar surface area (TPSA) is 170 Å². The molecule has 10 nitrogen and oxygen atoms in total. The lowest BCUT2D eigenvalue weighted by molar-refractivity contribution is -0.277. The molecule has 1 aromatic heterocycles. The largest absolute Gasteiger partial charge is 0.462 e. The van der Waals surface area contributed by atoms with Crippen LogP contribution in [0.15, 0.2) is 33.5 Å². The van der Waals surface area contributed by atoms with Gasteiger partial charge in [0.2, 0.25) is 6.29 Å². The first-order valence-electron chi connectivity index (χ1n) is 9.46. The number of hydrogen-bond donors (Lipinski definition) is 6. The van der Waals surface area contributed by atoms with Crippen molar-refractivity contribution in [2.24, 2.45) is 0 Å². The highest BCUT2D eigenvalue weighted by atomic mass is 16.7. The van der Waals surface area contributed by atoms with Crippen molar-refractivity contribution in [3.63, 3.8) is 0 Å². The van der Waals surface area contributed by atoms with Crippen molar-refractivity contribution in [3.8, 4) is 5.75 Å². The third-order valence-corrected chi connectivity index (χ3v) is 5.15. The summed E-state index contributed by atoms with van der Waals surface area (Å²) in [5.74, 6) is 0.0597. The standard InChI is InChI=1S/C20H26O10/c1-20(2,27)13(22)7-10-11(5-3-9-4-6-14(23)30-18(9)10)28-19-17(26)16(25)15(24)12(8-21)29-19/h3-6,12-13,15-17,19,21-22,24-27H,7-8H2,1-2H3/t12-,13-,15-,16+,17-,19-/m1/s1. The van der Waals surface area contributed by atoms with E-state index in [-0.39, 0.29) is 23.3 Å². The molecule has 10 heteroatoms. The van der Waals surface area contributed by atoms with E-state index < -0.39 is 54.6 Å². The first-order chi connectivity index (χ1) is 14.0. The molecule has 30 heavy (non-hydrogen) atoms. The van der Waals surface area contributed by atoms with Crippen LogP contribution < -0.4 is 10.4 Å². The van der Waals surface area contributed by atoms with E-state index >= 15 is 0 Å². The van der Waals surface area contributed by atoms with Crippen LogP contribution in [0.1, 0.15) is 19.4 Å². The van der Waals surface area contributed by atoms with Crippen molar-refractivity contribution >= 4 is 11.0 Å². The van der Waals surface area contributed by atoms with E-state index in [9.17, 15) is 35.4 Å². The predicted octanol–water partition coefficient (Wildman–Crippen LogP) is -1.35. The Morgan fingerprint density at radius 3 is 2.40 bits per heavy atom. The first-order valence-corrected chi connectivity index (χ1v) is 9.46. The average molecular weight is 426 g/mol. The van der Waals surface area contributed by atoms with Crippen molar-refractivity contribution in [1.29, 1.82) is 0 Å². The molecule has 0 bridgehead atoms. The number of aliphatic hydroxyl groups is 6. The fourth-order valence-electron chi connectivity index (χ4n) is 3.21. The molecular weight excluding hydrogens is 400 g/mol. The fraction of sp³-hybridized carbons (Fsp3) is 0.550. The predicted molar refractivity (Wildman–Crippen MR) is 103 cm³/mol. The molecule has 6 N–H and O–H groups in total. The van der Waals surface area contributed by atoms with Gasteiger partial charge >= 0.3 is 5.63 Å². The smallest absolute Gasteiger partial charge is 0.336 e. The lowest BCUT2D eigenvalue weighted by Crippen LogP contribution is -2.60. The van der Waals surface area contributed by atoms with Crippen LogP contribution in [0.5, 0.6) is 5.75 Å². The molecule has 3 rings (SSSR count). The molecule has 0 aliphatic carbocycles. The number of fused-ring (bicyclic) bond motifs is 1. The Morgan fingerprint density at radius 1 is 1.10 bits per heavy atom. The first kappa shape index (κ1) is 22.6. The normalized spacial score (nSPS) is 28.5. The van der Waals surface area contributed by atoms with E-state index in [1.165, 1.54) is 32.0 Å². The molecule has 1 fully saturated rings. The summed E-state index contributed by atoms with van der Waals surface area (Å²) in [5.41, 5.74) is -1.76. The van der Waals surface area contributed by atoms with E-state index in [0.29, 0.717) is 5.39 Å². The highest BCUT2D eigenvalue weighted by molar-refractivity contribution is 5.82. The molecule has 1 aliphatic heterocycles. The molecule has 0 saturated carbocycles. The van der Waals surface area contributed by atoms with Gasteiger partial charge < -0.3 is 44.5 Å². The Labute approximate surface area is 171 Å². The highest BCUT2D eigenvalue weighted by Gasteiger charge is 2.45. The van der Waals surface area contributed by atoms with Crippen molar-refractivity contribution in [3.05, 3.63) is 40.2 Å². The van der Waals surface area contributed by atoms with E-state index in [0.717, 1.165) is 0 Å². The zero-order chi connectivity index (χ0) is 22.2. The molecule has 0 spiro atoms. The quantitative estimate of drug-likeness (QED) is 0.303. The van der Waals surface area contributed by atoms with Gasteiger partial charge in [0.25, 0.3) is 0 Å². The number of ether oxygens (including phenoxy) is 2. The number of benzene rings is 1. The minimum absolute atomic E-state index is 0.0597. The second-order valence-electron chi connectivity index (χ2n) is 7.90. The van der Waals surface area contributed by atoms with Crippen LogP contribution in [0.4, 0.5) is 0 Å². The van der Waals surface area contributed by atoms with Gasteiger partial charge in [-0.05, 0) is 32.0 Å². The summed E-state index contributed by atoms with van der Waals surface area (Å²) < 4.78 is 16.3. The van der Waals surface area contributed by atoms with Gasteiger partial charge in [-0.15, -0.1) is 0 Å². The summed E-state index contributed by atoms with van der Waals surface area (Å²) >= 11 is 0. The summed E-state index contributed by atoms with van der Waals surface area (Å²) in [6.45, 7) is 2.20. The Balaban J connectivity index is 2.02. The Hall–Kier alpha value is -2.05. The maximum absolute atomic E-state index is 11.8. The Bertz CT molecular complexity index is 931.